The van der Waals surface area contributed by atoms with Crippen molar-refractivity contribution in [3.8, 4) is 0 Å². The predicted molar refractivity (Wildman–Crippen MR) is 105 cm³/mol. The molecule has 0 spiro atoms. The summed E-state index contributed by atoms with van der Waals surface area (Å²) < 4.78 is 28.0. The number of aliphatic hydroxyl groups excluding tert-OH is 1. The molecule has 0 aromatic heterocycles. The molecule has 1 N–H and O–H groups in total. The van der Waals surface area contributed by atoms with Crippen LogP contribution in [0.15, 0.2) is 18.2 Å². The molecule has 1 aromatic rings. The summed E-state index contributed by atoms with van der Waals surface area (Å²) in [4.78, 5) is 17.5. The number of carbonyl (C=O) groups is 1. The van der Waals surface area contributed by atoms with E-state index >= 15 is 0 Å². The number of nitrogens with zero attached hydrogens (tertiary/aromatic N) is 2. The molecule has 2 aliphatic rings. The van der Waals surface area contributed by atoms with Gasteiger partial charge < -0.3 is 10.0 Å². The molecule has 28 heavy (non-hydrogen) atoms. The van der Waals surface area contributed by atoms with E-state index in [1.54, 1.807) is 0 Å². The van der Waals surface area contributed by atoms with E-state index in [2.05, 4.69) is 25.7 Å². The van der Waals surface area contributed by atoms with Gasteiger partial charge in [0.25, 0.3) is 0 Å². The van der Waals surface area contributed by atoms with Gasteiger partial charge in [-0.3, -0.25) is 9.69 Å². The molecule has 2 aliphatic heterocycles. The van der Waals surface area contributed by atoms with E-state index in [1.165, 1.54) is 12.1 Å². The Morgan fingerprint density at radius 1 is 1.07 bits per heavy atom. The van der Waals surface area contributed by atoms with E-state index in [-0.39, 0.29) is 35.1 Å². The molecule has 4 nitrogen and oxygen atoms in total. The predicted octanol–water partition coefficient (Wildman–Crippen LogP) is 3.25. The maximum Gasteiger partial charge on any atom is 0.227 e. The first-order valence-corrected chi connectivity index (χ1v) is 10.2. The smallest absolute Gasteiger partial charge is 0.227 e. The number of piperidine rings is 1. The van der Waals surface area contributed by atoms with Gasteiger partial charge in [0.1, 0.15) is 11.6 Å². The van der Waals surface area contributed by atoms with Gasteiger partial charge in [-0.25, -0.2) is 8.78 Å². The van der Waals surface area contributed by atoms with E-state index in [0.717, 1.165) is 6.07 Å². The lowest BCUT2D eigenvalue weighted by atomic mass is 9.84. The van der Waals surface area contributed by atoms with Crippen molar-refractivity contribution < 1.29 is 18.7 Å². The number of benzene rings is 1. The summed E-state index contributed by atoms with van der Waals surface area (Å²) in [7, 11) is 0. The van der Waals surface area contributed by atoms with Crippen LogP contribution in [0.1, 0.15) is 46.1 Å². The molecule has 0 saturated carbocycles. The number of amides is 1. The van der Waals surface area contributed by atoms with Crippen molar-refractivity contribution in [2.75, 3.05) is 26.2 Å². The highest BCUT2D eigenvalue weighted by Crippen LogP contribution is 2.39. The lowest BCUT2D eigenvalue weighted by Gasteiger charge is -2.40. The molecule has 0 bridgehead atoms. The van der Waals surface area contributed by atoms with Gasteiger partial charge in [-0.15, -0.1) is 0 Å². The fraction of sp³-hybridized carbons (Fsp3) is 0.682. The summed E-state index contributed by atoms with van der Waals surface area (Å²) in [6.07, 6.45) is -0.413. The molecule has 2 saturated heterocycles. The maximum atomic E-state index is 14.6. The van der Waals surface area contributed by atoms with Gasteiger partial charge in [-0.2, -0.15) is 0 Å². The highest BCUT2D eigenvalue weighted by molar-refractivity contribution is 5.81. The molecule has 1 aromatic carbocycles. The minimum Gasteiger partial charge on any atom is -0.392 e. The van der Waals surface area contributed by atoms with Crippen molar-refractivity contribution in [1.82, 2.24) is 9.80 Å². The molecule has 1 amide bonds. The fourth-order valence-electron chi connectivity index (χ4n) is 4.68. The Kier molecular flexibility index (Phi) is 5.84. The third-order valence-corrected chi connectivity index (χ3v) is 6.44. The van der Waals surface area contributed by atoms with Crippen molar-refractivity contribution >= 4 is 5.91 Å². The van der Waals surface area contributed by atoms with Crippen LogP contribution in [0.25, 0.3) is 0 Å². The average molecular weight is 395 g/mol. The minimum atomic E-state index is -0.609. The maximum absolute atomic E-state index is 14.6. The van der Waals surface area contributed by atoms with E-state index in [0.29, 0.717) is 31.7 Å². The summed E-state index contributed by atoms with van der Waals surface area (Å²) in [5.74, 6) is -1.87. The van der Waals surface area contributed by atoms with Crippen LogP contribution >= 0.6 is 0 Å². The summed E-state index contributed by atoms with van der Waals surface area (Å²) in [6.45, 7) is 12.3. The first-order chi connectivity index (χ1) is 13.0. The Bertz CT molecular complexity index is 722. The van der Waals surface area contributed by atoms with E-state index < -0.39 is 17.7 Å². The van der Waals surface area contributed by atoms with Gasteiger partial charge in [0.2, 0.25) is 5.91 Å². The lowest BCUT2D eigenvalue weighted by Crippen LogP contribution is -2.52. The zero-order chi connectivity index (χ0) is 20.8. The first-order valence-electron chi connectivity index (χ1n) is 10.2. The molecule has 5 atom stereocenters. The van der Waals surface area contributed by atoms with Gasteiger partial charge >= 0.3 is 0 Å². The quantitative estimate of drug-likeness (QED) is 0.837. The van der Waals surface area contributed by atoms with Crippen LogP contribution in [0, 0.1) is 29.4 Å². The normalized spacial score (nSPS) is 32.0. The Morgan fingerprint density at radius 3 is 2.21 bits per heavy atom. The van der Waals surface area contributed by atoms with E-state index in [9.17, 15) is 18.7 Å². The van der Waals surface area contributed by atoms with Crippen molar-refractivity contribution in [3.05, 3.63) is 35.4 Å². The van der Waals surface area contributed by atoms with E-state index in [4.69, 9.17) is 0 Å². The SMILES string of the molecule is C[C@@H]1CN(C(=O)[C@@H]2CN(C(C)(C)C)C[C@H]2c2ccc(F)cc2F)C[C@H](C)C1O. The second kappa shape index (κ2) is 7.71. The van der Waals surface area contributed by atoms with Crippen LogP contribution in [0.2, 0.25) is 0 Å². The van der Waals surface area contributed by atoms with Gasteiger partial charge in [-0.05, 0) is 44.2 Å². The second-order valence-electron chi connectivity index (χ2n) is 9.64. The number of carbonyl (C=O) groups excluding carboxylic acids is 1. The third kappa shape index (κ3) is 4.08. The number of hydrogen-bond donors (Lipinski definition) is 1. The van der Waals surface area contributed by atoms with Crippen LogP contribution in [-0.4, -0.2) is 58.6 Å². The molecule has 6 heteroatoms. The number of likely N-dealkylation sites (tertiary alicyclic amines) is 2. The number of halogens is 2. The molecular weight excluding hydrogens is 362 g/mol. The Labute approximate surface area is 166 Å². The molecule has 1 unspecified atom stereocenters. The molecule has 156 valence electrons. The van der Waals surface area contributed by atoms with Gasteiger partial charge in [0.15, 0.2) is 0 Å². The molecule has 0 aliphatic carbocycles. The Balaban J connectivity index is 1.90. The first kappa shape index (κ1) is 21.2. The largest absolute Gasteiger partial charge is 0.392 e. The van der Waals surface area contributed by atoms with Gasteiger partial charge in [0.05, 0.1) is 12.0 Å². The molecule has 3 rings (SSSR count). The highest BCUT2D eigenvalue weighted by atomic mass is 19.1. The molecule has 0 radical (unpaired) electrons. The zero-order valence-electron chi connectivity index (χ0n) is 17.5. The minimum absolute atomic E-state index is 0.00562. The Hall–Kier alpha value is -1.53. The Morgan fingerprint density at radius 2 is 1.68 bits per heavy atom. The van der Waals surface area contributed by atoms with Gasteiger partial charge in [0, 0.05) is 43.7 Å². The highest BCUT2D eigenvalue weighted by Gasteiger charge is 2.45. The van der Waals surface area contributed by atoms with Crippen LogP contribution in [0.5, 0.6) is 0 Å². The topological polar surface area (TPSA) is 43.8 Å². The zero-order valence-corrected chi connectivity index (χ0v) is 17.5. The number of rotatable bonds is 2. The second-order valence-corrected chi connectivity index (χ2v) is 9.64. The lowest BCUT2D eigenvalue weighted by molar-refractivity contribution is -0.141. The monoisotopic (exact) mass is 394 g/mol. The summed E-state index contributed by atoms with van der Waals surface area (Å²) in [6, 6.07) is 3.64. The average Bonchev–Trinajstić information content (AvgIpc) is 3.04. The van der Waals surface area contributed by atoms with E-state index in [1.807, 2.05) is 18.7 Å². The summed E-state index contributed by atoms with van der Waals surface area (Å²) in [5.41, 5.74) is 0.257. The van der Waals surface area contributed by atoms with Crippen LogP contribution in [-0.2, 0) is 4.79 Å². The van der Waals surface area contributed by atoms with Gasteiger partial charge in [-0.1, -0.05) is 19.9 Å². The van der Waals surface area contributed by atoms with Crippen molar-refractivity contribution in [1.29, 1.82) is 0 Å². The van der Waals surface area contributed by atoms with Crippen LogP contribution in [0.4, 0.5) is 8.78 Å². The molecular formula is C22H32F2N2O2. The summed E-state index contributed by atoms with van der Waals surface area (Å²) in [5, 5.41) is 10.2. The van der Waals surface area contributed by atoms with Crippen LogP contribution in [0.3, 0.4) is 0 Å². The molecule has 2 fully saturated rings. The fourth-order valence-corrected chi connectivity index (χ4v) is 4.68. The van der Waals surface area contributed by atoms with Crippen molar-refractivity contribution in [2.45, 2.75) is 52.2 Å². The van der Waals surface area contributed by atoms with Crippen LogP contribution < -0.4 is 0 Å². The summed E-state index contributed by atoms with van der Waals surface area (Å²) >= 11 is 0. The number of hydrogen-bond acceptors (Lipinski definition) is 3. The number of aliphatic hydroxyl groups is 1. The van der Waals surface area contributed by atoms with Crippen molar-refractivity contribution in [3.63, 3.8) is 0 Å². The standard InChI is InChI=1S/C22H32F2N2O2/c1-13-9-25(10-14(2)20(13)27)21(28)18-12-26(22(3,4)5)11-17(18)16-7-6-15(23)8-19(16)24/h6-8,13-14,17-18,20,27H,9-12H2,1-5H3/t13-,14+,17-,18+,20?/m0/s1. The molecule has 2 heterocycles. The third-order valence-electron chi connectivity index (χ3n) is 6.44. The van der Waals surface area contributed by atoms with Crippen molar-refractivity contribution in [2.24, 2.45) is 17.8 Å².